The lowest BCUT2D eigenvalue weighted by Crippen LogP contribution is -2.28. The molecule has 0 aromatic heterocycles. The predicted octanol–water partition coefficient (Wildman–Crippen LogP) is 2.96. The second-order valence-electron chi connectivity index (χ2n) is 4.86. The maximum Gasteiger partial charge on any atom is 0.252 e. The summed E-state index contributed by atoms with van der Waals surface area (Å²) in [6.07, 6.45) is 0. The number of hydrogen-bond acceptors (Lipinski definition) is 2. The number of amides is 1. The number of carbonyl (C=O) groups excluding carboxylic acids is 1. The Hall–Kier alpha value is -1.22. The Bertz CT molecular complexity index is 422. The van der Waals surface area contributed by atoms with Gasteiger partial charge in [-0.15, -0.1) is 0 Å². The average Bonchev–Trinajstić information content (AvgIpc) is 2.08. The maximum absolute atomic E-state index is 11.4. The lowest BCUT2D eigenvalue weighted by atomic mass is 10.0. The molecule has 88 valence electrons. The first-order valence-electron chi connectivity index (χ1n) is 5.09. The normalized spacial score (nSPS) is 11.3. The van der Waals surface area contributed by atoms with E-state index in [9.17, 15) is 4.79 Å². The van der Waals surface area contributed by atoms with Gasteiger partial charge in [0.15, 0.2) is 0 Å². The van der Waals surface area contributed by atoms with Crippen molar-refractivity contribution in [1.82, 2.24) is 0 Å². The molecule has 16 heavy (non-hydrogen) atoms. The Morgan fingerprint density at radius 3 is 2.38 bits per heavy atom. The van der Waals surface area contributed by atoms with Crippen LogP contribution in [0.5, 0.6) is 0 Å². The van der Waals surface area contributed by atoms with E-state index in [1.54, 1.807) is 0 Å². The lowest BCUT2D eigenvalue weighted by molar-refractivity contribution is 0.100. The van der Waals surface area contributed by atoms with Crippen molar-refractivity contribution in [3.63, 3.8) is 0 Å². The zero-order valence-electron chi connectivity index (χ0n) is 10.0. The summed E-state index contributed by atoms with van der Waals surface area (Å²) in [5, 5.41) is 3.63. The van der Waals surface area contributed by atoms with E-state index in [4.69, 9.17) is 17.3 Å². The van der Waals surface area contributed by atoms with Crippen LogP contribution >= 0.6 is 11.6 Å². The third kappa shape index (κ3) is 2.89. The van der Waals surface area contributed by atoms with Crippen molar-refractivity contribution in [2.75, 3.05) is 5.32 Å². The summed E-state index contributed by atoms with van der Waals surface area (Å²) >= 11 is 6.08. The van der Waals surface area contributed by atoms with Gasteiger partial charge in [-0.3, -0.25) is 4.79 Å². The summed E-state index contributed by atoms with van der Waals surface area (Å²) < 4.78 is 0. The van der Waals surface area contributed by atoms with Crippen LogP contribution < -0.4 is 11.1 Å². The highest BCUT2D eigenvalue weighted by Crippen LogP contribution is 2.29. The summed E-state index contributed by atoms with van der Waals surface area (Å²) in [5.41, 5.74) is 7.07. The zero-order chi connectivity index (χ0) is 12.5. The molecule has 0 atom stereocenters. The summed E-state index contributed by atoms with van der Waals surface area (Å²) in [4.78, 5) is 11.4. The number of aryl methyl sites for hydroxylation is 1. The molecule has 0 saturated heterocycles. The standard InChI is InChI=1S/C12H17ClN2O/c1-7-5-6-8(15-12(2,3)4)9(10(7)13)11(14)16/h5-6,15H,1-4H3,(H2,14,16). The van der Waals surface area contributed by atoms with Gasteiger partial charge in [0.1, 0.15) is 0 Å². The summed E-state index contributed by atoms with van der Waals surface area (Å²) in [5.74, 6) is -0.513. The van der Waals surface area contributed by atoms with Crippen LogP contribution in [0.4, 0.5) is 5.69 Å². The van der Waals surface area contributed by atoms with Crippen LogP contribution in [0.25, 0.3) is 0 Å². The van der Waals surface area contributed by atoms with E-state index in [-0.39, 0.29) is 5.54 Å². The second kappa shape index (κ2) is 4.34. The minimum atomic E-state index is -0.513. The SMILES string of the molecule is Cc1ccc(NC(C)(C)C)c(C(N)=O)c1Cl. The summed E-state index contributed by atoms with van der Waals surface area (Å²) in [7, 11) is 0. The number of hydrogen-bond donors (Lipinski definition) is 2. The van der Waals surface area contributed by atoms with Gasteiger partial charge >= 0.3 is 0 Å². The Morgan fingerprint density at radius 2 is 1.94 bits per heavy atom. The molecule has 1 rings (SSSR count). The van der Waals surface area contributed by atoms with Gasteiger partial charge in [-0.05, 0) is 39.3 Å². The quantitative estimate of drug-likeness (QED) is 0.835. The molecule has 1 amide bonds. The molecule has 1 aromatic rings. The Morgan fingerprint density at radius 1 is 1.38 bits per heavy atom. The van der Waals surface area contributed by atoms with Crippen LogP contribution in [0, 0.1) is 6.92 Å². The first-order chi connectivity index (χ1) is 7.22. The van der Waals surface area contributed by atoms with E-state index in [1.165, 1.54) is 0 Å². The number of halogens is 1. The van der Waals surface area contributed by atoms with Crippen molar-refractivity contribution in [2.45, 2.75) is 33.2 Å². The molecule has 0 fully saturated rings. The molecule has 0 aliphatic carbocycles. The number of nitrogens with two attached hydrogens (primary N) is 1. The largest absolute Gasteiger partial charge is 0.380 e. The smallest absolute Gasteiger partial charge is 0.252 e. The Balaban J connectivity index is 3.29. The van der Waals surface area contributed by atoms with Gasteiger partial charge in [-0.1, -0.05) is 17.7 Å². The number of anilines is 1. The van der Waals surface area contributed by atoms with Gasteiger partial charge in [0, 0.05) is 11.2 Å². The van der Waals surface area contributed by atoms with Crippen LogP contribution in [-0.4, -0.2) is 11.4 Å². The van der Waals surface area contributed by atoms with Crippen molar-refractivity contribution in [2.24, 2.45) is 5.73 Å². The monoisotopic (exact) mass is 240 g/mol. The highest BCUT2D eigenvalue weighted by atomic mass is 35.5. The molecule has 0 saturated carbocycles. The van der Waals surface area contributed by atoms with E-state index in [2.05, 4.69) is 5.32 Å². The Labute approximate surface area is 101 Å². The fourth-order valence-electron chi connectivity index (χ4n) is 1.43. The van der Waals surface area contributed by atoms with E-state index >= 15 is 0 Å². The first kappa shape index (κ1) is 12.8. The highest BCUT2D eigenvalue weighted by Gasteiger charge is 2.18. The Kier molecular flexibility index (Phi) is 3.48. The van der Waals surface area contributed by atoms with Crippen molar-refractivity contribution in [1.29, 1.82) is 0 Å². The number of rotatable bonds is 2. The molecule has 0 unspecified atom stereocenters. The van der Waals surface area contributed by atoms with E-state index in [1.807, 2.05) is 39.8 Å². The van der Waals surface area contributed by atoms with Crippen molar-refractivity contribution in [3.8, 4) is 0 Å². The number of primary amides is 1. The van der Waals surface area contributed by atoms with E-state index < -0.39 is 5.91 Å². The molecule has 0 heterocycles. The molecule has 0 bridgehead atoms. The summed E-state index contributed by atoms with van der Waals surface area (Å²) in [6.45, 7) is 7.86. The average molecular weight is 241 g/mol. The molecular formula is C12H17ClN2O. The van der Waals surface area contributed by atoms with Crippen LogP contribution in [0.15, 0.2) is 12.1 Å². The van der Waals surface area contributed by atoms with Gasteiger partial charge < -0.3 is 11.1 Å². The zero-order valence-corrected chi connectivity index (χ0v) is 10.8. The second-order valence-corrected chi connectivity index (χ2v) is 5.24. The van der Waals surface area contributed by atoms with Crippen LogP contribution in [0.1, 0.15) is 36.7 Å². The van der Waals surface area contributed by atoms with Crippen molar-refractivity contribution >= 4 is 23.2 Å². The van der Waals surface area contributed by atoms with E-state index in [0.29, 0.717) is 16.3 Å². The molecule has 3 N–H and O–H groups in total. The predicted molar refractivity (Wildman–Crippen MR) is 68.1 cm³/mol. The minimum absolute atomic E-state index is 0.150. The van der Waals surface area contributed by atoms with Crippen molar-refractivity contribution in [3.05, 3.63) is 28.3 Å². The fourth-order valence-corrected chi connectivity index (χ4v) is 1.69. The van der Waals surface area contributed by atoms with Crippen molar-refractivity contribution < 1.29 is 4.79 Å². The van der Waals surface area contributed by atoms with E-state index in [0.717, 1.165) is 5.56 Å². The molecule has 0 aliphatic rings. The highest BCUT2D eigenvalue weighted by molar-refractivity contribution is 6.35. The topological polar surface area (TPSA) is 55.1 Å². The molecule has 1 aromatic carbocycles. The number of nitrogens with one attached hydrogen (secondary N) is 1. The molecular weight excluding hydrogens is 224 g/mol. The minimum Gasteiger partial charge on any atom is -0.380 e. The van der Waals surface area contributed by atoms with Crippen LogP contribution in [-0.2, 0) is 0 Å². The molecule has 0 radical (unpaired) electrons. The lowest BCUT2D eigenvalue weighted by Gasteiger charge is -2.24. The first-order valence-corrected chi connectivity index (χ1v) is 5.47. The van der Waals surface area contributed by atoms with Gasteiger partial charge in [0.25, 0.3) is 5.91 Å². The number of carbonyl (C=O) groups is 1. The molecule has 4 heteroatoms. The third-order valence-corrected chi connectivity index (χ3v) is 2.58. The van der Waals surface area contributed by atoms with Gasteiger partial charge in [-0.2, -0.15) is 0 Å². The number of benzene rings is 1. The van der Waals surface area contributed by atoms with Crippen LogP contribution in [0.2, 0.25) is 5.02 Å². The summed E-state index contributed by atoms with van der Waals surface area (Å²) in [6, 6.07) is 3.69. The van der Waals surface area contributed by atoms with Gasteiger partial charge in [0.05, 0.1) is 10.6 Å². The van der Waals surface area contributed by atoms with Gasteiger partial charge in [0.2, 0.25) is 0 Å². The van der Waals surface area contributed by atoms with Gasteiger partial charge in [-0.25, -0.2) is 0 Å². The fraction of sp³-hybridized carbons (Fsp3) is 0.417. The molecule has 3 nitrogen and oxygen atoms in total. The molecule has 0 aliphatic heterocycles. The third-order valence-electron chi connectivity index (χ3n) is 2.09. The van der Waals surface area contributed by atoms with Crippen LogP contribution in [0.3, 0.4) is 0 Å². The molecule has 0 spiro atoms. The maximum atomic E-state index is 11.4.